The molecule has 0 spiro atoms. The third kappa shape index (κ3) is 2.82. The summed E-state index contributed by atoms with van der Waals surface area (Å²) in [4.78, 5) is 11.5. The van der Waals surface area contributed by atoms with Crippen LogP contribution in [0.5, 0.6) is 0 Å². The fourth-order valence-corrected chi connectivity index (χ4v) is 3.26. The summed E-state index contributed by atoms with van der Waals surface area (Å²) in [7, 11) is 0. The van der Waals surface area contributed by atoms with E-state index in [0.29, 0.717) is 18.8 Å². The van der Waals surface area contributed by atoms with Gasteiger partial charge in [0.05, 0.1) is 6.10 Å². The lowest BCUT2D eigenvalue weighted by Gasteiger charge is -2.38. The van der Waals surface area contributed by atoms with Crippen LogP contribution in [0.1, 0.15) is 64.7 Å². The zero-order valence-corrected chi connectivity index (χ0v) is 10.8. The number of carbonyl (C=O) groups is 1. The van der Waals surface area contributed by atoms with Gasteiger partial charge in [0.1, 0.15) is 0 Å². The lowest BCUT2D eigenvalue weighted by molar-refractivity contribution is -0.181. The number of aliphatic carboxylic acids is 1. The highest BCUT2D eigenvalue weighted by Crippen LogP contribution is 2.39. The Morgan fingerprint density at radius 3 is 2.29 bits per heavy atom. The van der Waals surface area contributed by atoms with Gasteiger partial charge in [-0.05, 0) is 44.4 Å². The Morgan fingerprint density at radius 2 is 1.82 bits per heavy atom. The van der Waals surface area contributed by atoms with E-state index in [2.05, 4.69) is 6.92 Å². The van der Waals surface area contributed by atoms with Crippen LogP contribution in [0.2, 0.25) is 0 Å². The van der Waals surface area contributed by atoms with Crippen LogP contribution in [0.4, 0.5) is 0 Å². The van der Waals surface area contributed by atoms with Gasteiger partial charge in [0.2, 0.25) is 0 Å². The standard InChI is InChI=1S/C14H24O3/c1-2-11-7-9-14(10-8-11,13(15)16)17-12-5-3-4-6-12/h11-12H,2-10H2,1H3,(H,15,16). The summed E-state index contributed by atoms with van der Waals surface area (Å²) in [6, 6.07) is 0. The molecule has 0 aromatic rings. The lowest BCUT2D eigenvalue weighted by atomic mass is 9.77. The molecule has 0 aromatic carbocycles. The van der Waals surface area contributed by atoms with Gasteiger partial charge in [-0.15, -0.1) is 0 Å². The summed E-state index contributed by atoms with van der Waals surface area (Å²) in [6.07, 6.45) is 9.28. The van der Waals surface area contributed by atoms with Gasteiger partial charge >= 0.3 is 5.97 Å². The van der Waals surface area contributed by atoms with Crippen LogP contribution in [0.3, 0.4) is 0 Å². The summed E-state index contributed by atoms with van der Waals surface area (Å²) in [6.45, 7) is 2.19. The van der Waals surface area contributed by atoms with Crippen molar-refractivity contribution in [2.45, 2.75) is 76.4 Å². The van der Waals surface area contributed by atoms with Gasteiger partial charge < -0.3 is 9.84 Å². The molecule has 2 fully saturated rings. The monoisotopic (exact) mass is 240 g/mol. The number of hydrogen-bond acceptors (Lipinski definition) is 2. The predicted molar refractivity (Wildman–Crippen MR) is 66.0 cm³/mol. The second-order valence-corrected chi connectivity index (χ2v) is 5.68. The molecule has 3 heteroatoms. The highest BCUT2D eigenvalue weighted by atomic mass is 16.5. The minimum absolute atomic E-state index is 0.198. The Bertz CT molecular complexity index is 261. The molecule has 0 aromatic heterocycles. The summed E-state index contributed by atoms with van der Waals surface area (Å²) < 4.78 is 5.99. The summed E-state index contributed by atoms with van der Waals surface area (Å²) in [5, 5.41) is 9.48. The molecule has 2 rings (SSSR count). The minimum Gasteiger partial charge on any atom is -0.479 e. The van der Waals surface area contributed by atoms with Gasteiger partial charge in [-0.1, -0.05) is 26.2 Å². The molecule has 2 aliphatic rings. The first-order valence-corrected chi connectivity index (χ1v) is 7.07. The van der Waals surface area contributed by atoms with Crippen LogP contribution in [0.15, 0.2) is 0 Å². The first kappa shape index (κ1) is 12.9. The average molecular weight is 240 g/mol. The maximum absolute atomic E-state index is 11.5. The quantitative estimate of drug-likeness (QED) is 0.819. The Morgan fingerprint density at radius 1 is 1.24 bits per heavy atom. The number of carboxylic acid groups (broad SMARTS) is 1. The largest absolute Gasteiger partial charge is 0.479 e. The van der Waals surface area contributed by atoms with Gasteiger partial charge in [0.15, 0.2) is 5.60 Å². The highest BCUT2D eigenvalue weighted by Gasteiger charge is 2.44. The Labute approximate surface area is 104 Å². The first-order valence-electron chi connectivity index (χ1n) is 7.07. The van der Waals surface area contributed by atoms with E-state index in [4.69, 9.17) is 4.74 Å². The number of carboxylic acids is 1. The van der Waals surface area contributed by atoms with E-state index < -0.39 is 11.6 Å². The van der Waals surface area contributed by atoms with E-state index in [1.54, 1.807) is 0 Å². The van der Waals surface area contributed by atoms with Crippen molar-refractivity contribution in [3.8, 4) is 0 Å². The van der Waals surface area contributed by atoms with E-state index >= 15 is 0 Å². The number of ether oxygens (including phenoxy) is 1. The Hall–Kier alpha value is -0.570. The minimum atomic E-state index is -0.860. The normalized spacial score (nSPS) is 35.0. The third-order valence-corrected chi connectivity index (χ3v) is 4.57. The zero-order valence-electron chi connectivity index (χ0n) is 10.8. The van der Waals surface area contributed by atoms with Crippen molar-refractivity contribution in [1.82, 2.24) is 0 Å². The molecule has 17 heavy (non-hydrogen) atoms. The van der Waals surface area contributed by atoms with Crippen molar-refractivity contribution in [2.24, 2.45) is 5.92 Å². The van der Waals surface area contributed by atoms with E-state index in [0.717, 1.165) is 25.7 Å². The van der Waals surface area contributed by atoms with Crippen molar-refractivity contribution in [3.05, 3.63) is 0 Å². The smallest absolute Gasteiger partial charge is 0.335 e. The average Bonchev–Trinajstić information content (AvgIpc) is 2.82. The molecule has 3 nitrogen and oxygen atoms in total. The molecule has 0 aliphatic heterocycles. The summed E-state index contributed by atoms with van der Waals surface area (Å²) >= 11 is 0. The van der Waals surface area contributed by atoms with Crippen LogP contribution >= 0.6 is 0 Å². The maximum Gasteiger partial charge on any atom is 0.335 e. The first-order chi connectivity index (χ1) is 8.16. The summed E-state index contributed by atoms with van der Waals surface area (Å²) in [5.41, 5.74) is -0.860. The zero-order chi connectivity index (χ0) is 12.3. The molecule has 0 saturated heterocycles. The fraction of sp³-hybridized carbons (Fsp3) is 0.929. The van der Waals surface area contributed by atoms with Crippen molar-refractivity contribution in [1.29, 1.82) is 0 Å². The van der Waals surface area contributed by atoms with Crippen LogP contribution in [-0.4, -0.2) is 22.8 Å². The van der Waals surface area contributed by atoms with Crippen LogP contribution in [0, 0.1) is 5.92 Å². The molecule has 0 radical (unpaired) electrons. The van der Waals surface area contributed by atoms with E-state index in [9.17, 15) is 9.90 Å². The Kier molecular flexibility index (Phi) is 4.08. The molecule has 0 bridgehead atoms. The molecule has 0 amide bonds. The number of rotatable bonds is 4. The van der Waals surface area contributed by atoms with E-state index in [1.165, 1.54) is 19.3 Å². The van der Waals surface area contributed by atoms with Gasteiger partial charge in [0, 0.05) is 0 Å². The molecule has 0 atom stereocenters. The predicted octanol–water partition coefficient (Wildman–Crippen LogP) is 3.37. The third-order valence-electron chi connectivity index (χ3n) is 4.57. The number of hydrogen-bond donors (Lipinski definition) is 1. The van der Waals surface area contributed by atoms with Crippen LogP contribution in [-0.2, 0) is 9.53 Å². The molecular weight excluding hydrogens is 216 g/mol. The SMILES string of the molecule is CCC1CCC(OC2CCCC2)(C(=O)O)CC1. The van der Waals surface area contributed by atoms with Crippen molar-refractivity contribution >= 4 is 5.97 Å². The second kappa shape index (κ2) is 5.38. The van der Waals surface area contributed by atoms with Gasteiger partial charge in [-0.2, -0.15) is 0 Å². The second-order valence-electron chi connectivity index (χ2n) is 5.68. The molecule has 0 unspecified atom stereocenters. The topological polar surface area (TPSA) is 46.5 Å². The lowest BCUT2D eigenvalue weighted by Crippen LogP contribution is -2.46. The van der Waals surface area contributed by atoms with Gasteiger partial charge in [-0.25, -0.2) is 4.79 Å². The van der Waals surface area contributed by atoms with Crippen molar-refractivity contribution in [2.75, 3.05) is 0 Å². The van der Waals surface area contributed by atoms with Gasteiger partial charge in [-0.3, -0.25) is 0 Å². The molecular formula is C14H24O3. The van der Waals surface area contributed by atoms with Gasteiger partial charge in [0.25, 0.3) is 0 Å². The fourth-order valence-electron chi connectivity index (χ4n) is 3.26. The molecule has 1 N–H and O–H groups in total. The Balaban J connectivity index is 1.98. The molecule has 2 saturated carbocycles. The van der Waals surface area contributed by atoms with Crippen molar-refractivity contribution < 1.29 is 14.6 Å². The molecule has 0 heterocycles. The molecule has 2 aliphatic carbocycles. The molecule has 98 valence electrons. The van der Waals surface area contributed by atoms with Crippen LogP contribution in [0.25, 0.3) is 0 Å². The van der Waals surface area contributed by atoms with Crippen LogP contribution < -0.4 is 0 Å². The summed E-state index contributed by atoms with van der Waals surface area (Å²) in [5.74, 6) is -0.0337. The highest BCUT2D eigenvalue weighted by molar-refractivity contribution is 5.77. The van der Waals surface area contributed by atoms with Crippen molar-refractivity contribution in [3.63, 3.8) is 0 Å². The van der Waals surface area contributed by atoms with E-state index in [-0.39, 0.29) is 6.10 Å². The maximum atomic E-state index is 11.5. The van der Waals surface area contributed by atoms with E-state index in [1.807, 2.05) is 0 Å².